The number of carbonyl (C=O) groups excluding carboxylic acids is 1. The van der Waals surface area contributed by atoms with E-state index in [1.165, 1.54) is 5.56 Å². The zero-order valence-corrected chi connectivity index (χ0v) is 17.0. The first-order valence-electron chi connectivity index (χ1n) is 9.49. The van der Waals surface area contributed by atoms with Crippen molar-refractivity contribution in [3.05, 3.63) is 59.2 Å². The van der Waals surface area contributed by atoms with E-state index in [9.17, 15) is 4.79 Å². The number of amides is 1. The second-order valence-electron chi connectivity index (χ2n) is 7.34. The lowest BCUT2D eigenvalue weighted by Gasteiger charge is -2.16. The van der Waals surface area contributed by atoms with Gasteiger partial charge in [-0.1, -0.05) is 51.1 Å². The molecule has 0 spiro atoms. The molecule has 0 aromatic heterocycles. The number of hydrogen-bond donors (Lipinski definition) is 1. The topological polar surface area (TPSA) is 47.6 Å². The molecule has 0 radical (unpaired) electrons. The third-order valence-electron chi connectivity index (χ3n) is 5.04. The molecule has 1 amide bonds. The molecule has 1 N–H and O–H groups in total. The summed E-state index contributed by atoms with van der Waals surface area (Å²) in [5, 5.41) is 2.98. The Kier molecular flexibility index (Phi) is 7.71. The van der Waals surface area contributed by atoms with Crippen LogP contribution in [0.25, 0.3) is 0 Å². The fourth-order valence-corrected chi connectivity index (χ4v) is 3.01. The van der Waals surface area contributed by atoms with E-state index >= 15 is 0 Å². The lowest BCUT2D eigenvalue weighted by molar-refractivity contribution is -0.120. The van der Waals surface area contributed by atoms with Crippen molar-refractivity contribution in [3.8, 4) is 11.5 Å². The van der Waals surface area contributed by atoms with Gasteiger partial charge in [-0.15, -0.1) is 0 Å². The van der Waals surface area contributed by atoms with E-state index < -0.39 is 0 Å². The maximum atomic E-state index is 12.4. The Morgan fingerprint density at radius 3 is 2.15 bits per heavy atom. The molecule has 0 bridgehead atoms. The van der Waals surface area contributed by atoms with Crippen LogP contribution >= 0.6 is 0 Å². The van der Waals surface area contributed by atoms with Gasteiger partial charge in [0.05, 0.1) is 32.7 Å². The minimum Gasteiger partial charge on any atom is -0.496 e. The van der Waals surface area contributed by atoms with Crippen molar-refractivity contribution < 1.29 is 14.3 Å². The van der Waals surface area contributed by atoms with Gasteiger partial charge in [-0.2, -0.15) is 0 Å². The Morgan fingerprint density at radius 1 is 0.963 bits per heavy atom. The van der Waals surface area contributed by atoms with Crippen LogP contribution in [0.2, 0.25) is 0 Å². The monoisotopic (exact) mass is 369 g/mol. The summed E-state index contributed by atoms with van der Waals surface area (Å²) < 4.78 is 10.8. The van der Waals surface area contributed by atoms with Gasteiger partial charge in [-0.25, -0.2) is 0 Å². The van der Waals surface area contributed by atoms with Crippen molar-refractivity contribution in [1.82, 2.24) is 5.32 Å². The van der Waals surface area contributed by atoms with Crippen LogP contribution in [-0.4, -0.2) is 20.1 Å². The first-order valence-corrected chi connectivity index (χ1v) is 9.49. The molecule has 1 unspecified atom stereocenters. The van der Waals surface area contributed by atoms with Gasteiger partial charge in [-0.3, -0.25) is 4.79 Å². The van der Waals surface area contributed by atoms with E-state index in [0.717, 1.165) is 17.5 Å². The Bertz CT molecular complexity index is 733. The van der Waals surface area contributed by atoms with Crippen molar-refractivity contribution in [2.45, 2.75) is 40.2 Å². The molecule has 27 heavy (non-hydrogen) atoms. The fraction of sp³-hybridized carbons (Fsp3) is 0.435. The highest BCUT2D eigenvalue weighted by atomic mass is 16.5. The highest BCUT2D eigenvalue weighted by Gasteiger charge is 2.12. The first kappa shape index (κ1) is 20.8. The van der Waals surface area contributed by atoms with Gasteiger partial charge >= 0.3 is 0 Å². The molecule has 1 atom stereocenters. The molecule has 0 saturated heterocycles. The minimum atomic E-state index is -0.0167. The summed E-state index contributed by atoms with van der Waals surface area (Å²) in [4.78, 5) is 12.4. The molecule has 0 saturated carbocycles. The Hall–Kier alpha value is -2.49. The van der Waals surface area contributed by atoms with Crippen molar-refractivity contribution in [3.63, 3.8) is 0 Å². The molecular formula is C23H31NO3. The van der Waals surface area contributed by atoms with Crippen molar-refractivity contribution in [2.24, 2.45) is 11.8 Å². The number of nitrogens with one attached hydrogen (secondary N) is 1. The molecule has 0 aliphatic carbocycles. The molecule has 0 fully saturated rings. The van der Waals surface area contributed by atoms with E-state index in [1.54, 1.807) is 14.2 Å². The number of hydrogen-bond acceptors (Lipinski definition) is 3. The molecule has 0 aliphatic heterocycles. The third-order valence-corrected chi connectivity index (χ3v) is 5.04. The van der Waals surface area contributed by atoms with Crippen molar-refractivity contribution >= 4 is 5.91 Å². The Morgan fingerprint density at radius 2 is 1.56 bits per heavy atom. The molecule has 2 aromatic rings. The SMILES string of the molecule is COc1cccc(OC)c1CNC(=O)Cc1cccc(CC(C)C(C)C)c1. The summed E-state index contributed by atoms with van der Waals surface area (Å²) in [5.41, 5.74) is 3.16. The molecule has 0 aliphatic rings. The highest BCUT2D eigenvalue weighted by Crippen LogP contribution is 2.27. The summed E-state index contributed by atoms with van der Waals surface area (Å²) in [5.74, 6) is 2.66. The van der Waals surface area contributed by atoms with Crippen molar-refractivity contribution in [2.75, 3.05) is 14.2 Å². The van der Waals surface area contributed by atoms with Gasteiger partial charge in [0.2, 0.25) is 5.91 Å². The van der Waals surface area contributed by atoms with Gasteiger partial charge in [0.15, 0.2) is 0 Å². The minimum absolute atomic E-state index is 0.0167. The van der Waals surface area contributed by atoms with Crippen LogP contribution in [0, 0.1) is 11.8 Å². The summed E-state index contributed by atoms with van der Waals surface area (Å²) >= 11 is 0. The molecule has 2 aromatic carbocycles. The van der Waals surface area contributed by atoms with Crippen molar-refractivity contribution in [1.29, 1.82) is 0 Å². The average molecular weight is 370 g/mol. The molecule has 2 rings (SSSR count). The van der Waals surface area contributed by atoms with Gasteiger partial charge in [0.1, 0.15) is 11.5 Å². The average Bonchev–Trinajstić information content (AvgIpc) is 2.66. The normalized spacial score (nSPS) is 11.9. The van der Waals surface area contributed by atoms with Crippen LogP contribution < -0.4 is 14.8 Å². The van der Waals surface area contributed by atoms with Gasteiger partial charge in [-0.05, 0) is 41.5 Å². The van der Waals surface area contributed by atoms with Crippen LogP contribution in [0.5, 0.6) is 11.5 Å². The quantitative estimate of drug-likeness (QED) is 0.713. The summed E-state index contributed by atoms with van der Waals surface area (Å²) in [6.07, 6.45) is 1.40. The van der Waals surface area contributed by atoms with Crippen LogP contribution in [0.4, 0.5) is 0 Å². The largest absolute Gasteiger partial charge is 0.496 e. The standard InChI is InChI=1S/C23H31NO3/c1-16(2)17(3)12-18-8-6-9-19(13-18)14-23(25)24-15-20-21(26-4)10-7-11-22(20)27-5/h6-11,13,16-17H,12,14-15H2,1-5H3,(H,24,25). The summed E-state index contributed by atoms with van der Waals surface area (Å²) in [6, 6.07) is 13.9. The number of carbonyl (C=O) groups is 1. The lowest BCUT2D eigenvalue weighted by Crippen LogP contribution is -2.25. The van der Waals surface area contributed by atoms with Crippen LogP contribution in [-0.2, 0) is 24.2 Å². The highest BCUT2D eigenvalue weighted by molar-refractivity contribution is 5.78. The number of rotatable bonds is 9. The van der Waals surface area contributed by atoms with Crippen LogP contribution in [0.15, 0.2) is 42.5 Å². The third kappa shape index (κ3) is 6.02. The zero-order chi connectivity index (χ0) is 19.8. The second-order valence-corrected chi connectivity index (χ2v) is 7.34. The number of ether oxygens (including phenoxy) is 2. The number of benzene rings is 2. The number of methoxy groups -OCH3 is 2. The molecule has 0 heterocycles. The van der Waals surface area contributed by atoms with Gasteiger partial charge in [0, 0.05) is 0 Å². The molecular weight excluding hydrogens is 338 g/mol. The second kappa shape index (κ2) is 10.0. The first-order chi connectivity index (χ1) is 12.9. The van der Waals surface area contributed by atoms with E-state index in [2.05, 4.69) is 38.2 Å². The molecule has 146 valence electrons. The van der Waals surface area contributed by atoms with E-state index in [-0.39, 0.29) is 5.91 Å². The fourth-order valence-electron chi connectivity index (χ4n) is 3.01. The lowest BCUT2D eigenvalue weighted by atomic mass is 9.90. The van der Waals surface area contributed by atoms with E-state index in [1.807, 2.05) is 30.3 Å². The smallest absolute Gasteiger partial charge is 0.224 e. The summed E-state index contributed by atoms with van der Waals surface area (Å²) in [7, 11) is 3.23. The predicted octanol–water partition coefficient (Wildman–Crippen LogP) is 4.40. The zero-order valence-electron chi connectivity index (χ0n) is 17.0. The Labute approximate surface area is 162 Å². The van der Waals surface area contributed by atoms with Crippen LogP contribution in [0.1, 0.15) is 37.5 Å². The Balaban J connectivity index is 1.99. The van der Waals surface area contributed by atoms with Gasteiger partial charge < -0.3 is 14.8 Å². The maximum Gasteiger partial charge on any atom is 0.224 e. The molecule has 4 heteroatoms. The predicted molar refractivity (Wildman–Crippen MR) is 109 cm³/mol. The van der Waals surface area contributed by atoms with E-state index in [4.69, 9.17) is 9.47 Å². The van der Waals surface area contributed by atoms with Gasteiger partial charge in [0.25, 0.3) is 0 Å². The maximum absolute atomic E-state index is 12.4. The van der Waals surface area contributed by atoms with E-state index in [0.29, 0.717) is 36.3 Å². The van der Waals surface area contributed by atoms with Crippen LogP contribution in [0.3, 0.4) is 0 Å². The molecule has 4 nitrogen and oxygen atoms in total. The summed E-state index contributed by atoms with van der Waals surface area (Å²) in [6.45, 7) is 7.13.